The molecule has 1 fully saturated rings. The zero-order chi connectivity index (χ0) is 14.3. The predicted molar refractivity (Wildman–Crippen MR) is 87.7 cm³/mol. The summed E-state index contributed by atoms with van der Waals surface area (Å²) in [7, 11) is 0. The first-order valence-electron chi connectivity index (χ1n) is 7.51. The van der Waals surface area contributed by atoms with E-state index < -0.39 is 0 Å². The van der Waals surface area contributed by atoms with Gasteiger partial charge >= 0.3 is 0 Å². The van der Waals surface area contributed by atoms with Crippen molar-refractivity contribution in [3.63, 3.8) is 0 Å². The second kappa shape index (κ2) is 7.16. The minimum atomic E-state index is 0.332. The molecule has 1 aliphatic heterocycles. The number of aliphatic imine (C=N–C) groups is 1. The number of rotatable bonds is 5. The van der Waals surface area contributed by atoms with Crippen LogP contribution >= 0.6 is 0 Å². The molecular weight excluding hydrogens is 258 g/mol. The first-order valence-corrected chi connectivity index (χ1v) is 7.51. The van der Waals surface area contributed by atoms with E-state index in [1.165, 1.54) is 5.56 Å². The molecule has 1 N–H and O–H groups in total. The van der Waals surface area contributed by atoms with Gasteiger partial charge in [-0.2, -0.15) is 0 Å². The Morgan fingerprint density at radius 3 is 2.52 bits per heavy atom. The van der Waals surface area contributed by atoms with Crippen molar-refractivity contribution in [1.29, 1.82) is 0 Å². The van der Waals surface area contributed by atoms with Crippen LogP contribution in [0.15, 0.2) is 65.7 Å². The van der Waals surface area contributed by atoms with Crippen LogP contribution in [-0.4, -0.2) is 37.3 Å². The Balaban J connectivity index is 1.54. The van der Waals surface area contributed by atoms with Gasteiger partial charge in [-0.05, 0) is 11.1 Å². The first-order chi connectivity index (χ1) is 10.4. The molecule has 3 heteroatoms. The summed E-state index contributed by atoms with van der Waals surface area (Å²) in [5, 5.41) is 3.56. The van der Waals surface area contributed by atoms with Crippen molar-refractivity contribution in [1.82, 2.24) is 10.2 Å². The molecule has 1 saturated heterocycles. The summed E-state index contributed by atoms with van der Waals surface area (Å²) in [4.78, 5) is 6.99. The lowest BCUT2D eigenvalue weighted by atomic mass is 10.1. The number of nitrogens with one attached hydrogen (secondary N) is 1. The molecule has 0 radical (unpaired) electrons. The summed E-state index contributed by atoms with van der Waals surface area (Å²) in [5.41, 5.74) is 2.50. The molecule has 108 valence electrons. The lowest BCUT2D eigenvalue weighted by molar-refractivity contribution is 0.252. The molecule has 2 aromatic carbocycles. The summed E-state index contributed by atoms with van der Waals surface area (Å²) in [6.07, 6.45) is 2.29. The van der Waals surface area contributed by atoms with Gasteiger partial charge in [-0.3, -0.25) is 15.2 Å². The van der Waals surface area contributed by atoms with E-state index in [-0.39, 0.29) is 0 Å². The molecule has 0 bridgehead atoms. The SMILES string of the molecule is C(=NCCN1CCN[C@@H]1c1ccccc1)c1ccccc1. The molecule has 0 aliphatic carbocycles. The van der Waals surface area contributed by atoms with Crippen molar-refractivity contribution in [3.05, 3.63) is 71.8 Å². The van der Waals surface area contributed by atoms with E-state index in [2.05, 4.69) is 57.7 Å². The molecule has 0 aromatic heterocycles. The minimum absolute atomic E-state index is 0.332. The second-order valence-corrected chi connectivity index (χ2v) is 5.25. The van der Waals surface area contributed by atoms with Crippen LogP contribution in [0, 0.1) is 0 Å². The minimum Gasteiger partial charge on any atom is -0.297 e. The van der Waals surface area contributed by atoms with E-state index in [1.807, 2.05) is 24.4 Å². The number of hydrogen-bond donors (Lipinski definition) is 1. The van der Waals surface area contributed by atoms with E-state index in [4.69, 9.17) is 0 Å². The highest BCUT2D eigenvalue weighted by Crippen LogP contribution is 2.20. The Hall–Kier alpha value is -1.97. The Kier molecular flexibility index (Phi) is 4.77. The fourth-order valence-electron chi connectivity index (χ4n) is 2.70. The first kappa shape index (κ1) is 14.0. The van der Waals surface area contributed by atoms with Crippen LogP contribution in [0.25, 0.3) is 0 Å². The zero-order valence-corrected chi connectivity index (χ0v) is 12.2. The topological polar surface area (TPSA) is 27.6 Å². The molecule has 1 atom stereocenters. The third kappa shape index (κ3) is 3.78. The lowest BCUT2D eigenvalue weighted by Gasteiger charge is -2.23. The van der Waals surface area contributed by atoms with Crippen LogP contribution in [0.4, 0.5) is 0 Å². The molecule has 2 aromatic rings. The third-order valence-corrected chi connectivity index (χ3v) is 3.77. The molecule has 0 unspecified atom stereocenters. The number of hydrogen-bond acceptors (Lipinski definition) is 3. The second-order valence-electron chi connectivity index (χ2n) is 5.25. The molecule has 0 spiro atoms. The molecular formula is C18H21N3. The van der Waals surface area contributed by atoms with Gasteiger partial charge in [0.25, 0.3) is 0 Å². The van der Waals surface area contributed by atoms with E-state index >= 15 is 0 Å². The molecule has 0 amide bonds. The summed E-state index contributed by atoms with van der Waals surface area (Å²) in [5.74, 6) is 0. The van der Waals surface area contributed by atoms with E-state index in [0.29, 0.717) is 6.17 Å². The van der Waals surface area contributed by atoms with Crippen LogP contribution in [-0.2, 0) is 0 Å². The number of nitrogens with zero attached hydrogens (tertiary/aromatic N) is 2. The van der Waals surface area contributed by atoms with Crippen LogP contribution in [0.2, 0.25) is 0 Å². The maximum absolute atomic E-state index is 4.54. The standard InChI is InChI=1S/C18H21N3/c1-3-7-16(8-4-1)15-19-11-13-21-14-12-20-18(21)17-9-5-2-6-10-17/h1-10,15,18,20H,11-14H2/t18-/m0/s1. The van der Waals surface area contributed by atoms with Crippen LogP contribution < -0.4 is 5.32 Å². The lowest BCUT2D eigenvalue weighted by Crippen LogP contribution is -2.29. The fourth-order valence-corrected chi connectivity index (χ4v) is 2.70. The average Bonchev–Trinajstić information content (AvgIpc) is 3.02. The van der Waals surface area contributed by atoms with E-state index in [1.54, 1.807) is 0 Å². The highest BCUT2D eigenvalue weighted by atomic mass is 15.3. The Morgan fingerprint density at radius 1 is 1.05 bits per heavy atom. The largest absolute Gasteiger partial charge is 0.297 e. The van der Waals surface area contributed by atoms with Gasteiger partial charge in [0.15, 0.2) is 0 Å². The maximum atomic E-state index is 4.54. The van der Waals surface area contributed by atoms with Crippen molar-refractivity contribution in [2.24, 2.45) is 4.99 Å². The van der Waals surface area contributed by atoms with Gasteiger partial charge < -0.3 is 0 Å². The van der Waals surface area contributed by atoms with Gasteiger partial charge in [-0.15, -0.1) is 0 Å². The highest BCUT2D eigenvalue weighted by molar-refractivity contribution is 5.79. The van der Waals surface area contributed by atoms with Crippen molar-refractivity contribution in [3.8, 4) is 0 Å². The molecule has 0 saturated carbocycles. The van der Waals surface area contributed by atoms with Gasteiger partial charge in [0.1, 0.15) is 0 Å². The summed E-state index contributed by atoms with van der Waals surface area (Å²) in [6, 6.07) is 20.9. The van der Waals surface area contributed by atoms with Crippen molar-refractivity contribution in [2.45, 2.75) is 6.17 Å². The maximum Gasteiger partial charge on any atom is 0.0862 e. The summed E-state index contributed by atoms with van der Waals surface area (Å²) >= 11 is 0. The van der Waals surface area contributed by atoms with E-state index in [0.717, 1.165) is 31.7 Å². The van der Waals surface area contributed by atoms with Gasteiger partial charge in [0, 0.05) is 25.8 Å². The Bertz CT molecular complexity index is 566. The van der Waals surface area contributed by atoms with Crippen LogP contribution in [0.3, 0.4) is 0 Å². The molecule has 1 heterocycles. The van der Waals surface area contributed by atoms with Gasteiger partial charge in [-0.25, -0.2) is 0 Å². The molecule has 3 rings (SSSR count). The summed E-state index contributed by atoms with van der Waals surface area (Å²) < 4.78 is 0. The van der Waals surface area contributed by atoms with Gasteiger partial charge in [0.05, 0.1) is 12.7 Å². The van der Waals surface area contributed by atoms with Crippen molar-refractivity contribution < 1.29 is 0 Å². The smallest absolute Gasteiger partial charge is 0.0862 e. The highest BCUT2D eigenvalue weighted by Gasteiger charge is 2.24. The van der Waals surface area contributed by atoms with Crippen LogP contribution in [0.1, 0.15) is 17.3 Å². The normalized spacial score (nSPS) is 19.3. The average molecular weight is 279 g/mol. The molecule has 1 aliphatic rings. The van der Waals surface area contributed by atoms with Crippen LogP contribution in [0.5, 0.6) is 0 Å². The zero-order valence-electron chi connectivity index (χ0n) is 12.2. The van der Waals surface area contributed by atoms with E-state index in [9.17, 15) is 0 Å². The summed E-state index contributed by atoms with van der Waals surface area (Å²) in [6.45, 7) is 3.94. The van der Waals surface area contributed by atoms with Crippen molar-refractivity contribution in [2.75, 3.05) is 26.2 Å². The van der Waals surface area contributed by atoms with Gasteiger partial charge in [0.2, 0.25) is 0 Å². The molecule has 3 nitrogen and oxygen atoms in total. The fraction of sp³-hybridized carbons (Fsp3) is 0.278. The Labute approximate surface area is 126 Å². The van der Waals surface area contributed by atoms with Gasteiger partial charge in [-0.1, -0.05) is 60.7 Å². The monoisotopic (exact) mass is 279 g/mol. The Morgan fingerprint density at radius 2 is 1.76 bits per heavy atom. The quantitative estimate of drug-likeness (QED) is 0.852. The van der Waals surface area contributed by atoms with Crippen molar-refractivity contribution >= 4 is 6.21 Å². The predicted octanol–water partition coefficient (Wildman–Crippen LogP) is 2.71. The third-order valence-electron chi connectivity index (χ3n) is 3.77. The number of benzene rings is 2. The molecule has 21 heavy (non-hydrogen) atoms.